The van der Waals surface area contributed by atoms with Gasteiger partial charge in [-0.3, -0.25) is 14.5 Å². The number of halogens is 1. The molecule has 1 heterocycles. The number of carbonyl (C=O) groups is 2. The highest BCUT2D eigenvalue weighted by atomic mass is 79.9. The average molecular weight is 429 g/mol. The molecule has 0 atom stereocenters. The lowest BCUT2D eigenvalue weighted by molar-refractivity contribution is -0.122. The third-order valence-corrected chi connectivity index (χ3v) is 5.24. The Morgan fingerprint density at radius 1 is 1.15 bits per heavy atom. The Hall–Kier alpha value is -2.31. The number of nitrogens with zero attached hydrogens (tertiary/aromatic N) is 1. The molecule has 26 heavy (non-hydrogen) atoms. The minimum Gasteiger partial charge on any atom is -0.367 e. The third-order valence-electron chi connectivity index (χ3n) is 3.83. The van der Waals surface area contributed by atoms with Crippen molar-refractivity contribution >= 4 is 50.6 Å². The van der Waals surface area contributed by atoms with Gasteiger partial charge in [0.1, 0.15) is 0 Å². The fourth-order valence-corrected chi connectivity index (χ4v) is 3.72. The quantitative estimate of drug-likeness (QED) is 0.645. The number of thioether (sulfide) groups is 1. The van der Waals surface area contributed by atoms with E-state index in [1.165, 1.54) is 4.90 Å². The summed E-state index contributed by atoms with van der Waals surface area (Å²) < 4.78 is 0.986. The molecule has 1 aliphatic heterocycles. The van der Waals surface area contributed by atoms with Crippen molar-refractivity contribution in [3.05, 3.63) is 81.2 Å². The summed E-state index contributed by atoms with van der Waals surface area (Å²) in [5, 5.41) is 2.88. The summed E-state index contributed by atoms with van der Waals surface area (Å²) in [6.07, 6.45) is 5.37. The van der Waals surface area contributed by atoms with Gasteiger partial charge in [0.25, 0.3) is 11.1 Å². The Morgan fingerprint density at radius 2 is 1.92 bits per heavy atom. The number of aryl methyl sites for hydroxylation is 1. The van der Waals surface area contributed by atoms with Gasteiger partial charge in [-0.1, -0.05) is 58.4 Å². The summed E-state index contributed by atoms with van der Waals surface area (Å²) in [5.74, 6) is -0.278. The van der Waals surface area contributed by atoms with Crippen LogP contribution < -0.4 is 5.32 Å². The van der Waals surface area contributed by atoms with Crippen LogP contribution in [0.5, 0.6) is 0 Å². The highest BCUT2D eigenvalue weighted by Crippen LogP contribution is 2.30. The van der Waals surface area contributed by atoms with Crippen molar-refractivity contribution in [2.24, 2.45) is 0 Å². The molecule has 1 N–H and O–H groups in total. The molecule has 4 nitrogen and oxygen atoms in total. The highest BCUT2D eigenvalue weighted by molar-refractivity contribution is 9.10. The molecule has 2 aromatic carbocycles. The van der Waals surface area contributed by atoms with Crippen molar-refractivity contribution < 1.29 is 9.59 Å². The van der Waals surface area contributed by atoms with Crippen LogP contribution in [0.2, 0.25) is 0 Å². The van der Waals surface area contributed by atoms with Crippen molar-refractivity contribution in [2.75, 3.05) is 12.0 Å². The predicted molar refractivity (Wildman–Crippen MR) is 111 cm³/mol. The second-order valence-corrected chi connectivity index (χ2v) is 7.60. The zero-order valence-corrected chi connectivity index (χ0v) is 16.5. The second kappa shape index (κ2) is 8.38. The van der Waals surface area contributed by atoms with Gasteiger partial charge in [0.2, 0.25) is 0 Å². The zero-order chi connectivity index (χ0) is 18.5. The van der Waals surface area contributed by atoms with E-state index in [1.807, 2.05) is 61.5 Å². The first kappa shape index (κ1) is 18.5. The summed E-state index contributed by atoms with van der Waals surface area (Å²) in [4.78, 5) is 26.2. The largest absolute Gasteiger partial charge is 0.367 e. The molecule has 132 valence electrons. The summed E-state index contributed by atoms with van der Waals surface area (Å²) >= 11 is 4.38. The lowest BCUT2D eigenvalue weighted by Crippen LogP contribution is -2.33. The number of allylic oxidation sites excluding steroid dienone is 2. The number of hydrogen-bond donors (Lipinski definition) is 1. The van der Waals surface area contributed by atoms with E-state index < -0.39 is 0 Å². The smallest absolute Gasteiger partial charge is 0.295 e. The number of benzene rings is 2. The van der Waals surface area contributed by atoms with Crippen LogP contribution in [0.15, 0.2) is 70.1 Å². The topological polar surface area (TPSA) is 49.4 Å². The maximum Gasteiger partial charge on any atom is 0.295 e. The molecule has 0 aliphatic carbocycles. The molecule has 0 aromatic heterocycles. The van der Waals surface area contributed by atoms with Crippen molar-refractivity contribution in [1.82, 2.24) is 4.90 Å². The number of imide groups is 1. The van der Waals surface area contributed by atoms with Crippen LogP contribution in [0, 0.1) is 6.92 Å². The highest BCUT2D eigenvalue weighted by Gasteiger charge is 2.34. The van der Waals surface area contributed by atoms with E-state index in [0.29, 0.717) is 4.91 Å². The summed E-state index contributed by atoms with van der Waals surface area (Å²) in [6, 6.07) is 15.6. The molecule has 0 unspecified atom stereocenters. The van der Waals surface area contributed by atoms with Crippen LogP contribution in [0.3, 0.4) is 0 Å². The Labute approximate surface area is 165 Å². The first-order chi connectivity index (χ1) is 12.5. The van der Waals surface area contributed by atoms with Gasteiger partial charge in [-0.2, -0.15) is 0 Å². The standard InChI is InChI=1S/C20H17BrN2O2S/c1-14-12-16(21)10-11-17(14)22-13-23-19(24)18(26-20(23)25)9-5-8-15-6-3-2-4-7-15/h2-12,22H,13H2,1H3/b8-5+,18-9-. The number of rotatable bonds is 5. The molecule has 1 aliphatic rings. The van der Waals surface area contributed by atoms with Gasteiger partial charge in [0.15, 0.2) is 0 Å². The Kier molecular flexibility index (Phi) is 5.96. The van der Waals surface area contributed by atoms with E-state index in [0.717, 1.165) is 33.0 Å². The summed E-state index contributed by atoms with van der Waals surface area (Å²) in [7, 11) is 0. The van der Waals surface area contributed by atoms with E-state index in [4.69, 9.17) is 0 Å². The van der Waals surface area contributed by atoms with E-state index in [2.05, 4.69) is 21.2 Å². The maximum absolute atomic E-state index is 12.5. The van der Waals surface area contributed by atoms with Gasteiger partial charge in [0.05, 0.1) is 11.6 Å². The van der Waals surface area contributed by atoms with E-state index in [1.54, 1.807) is 12.2 Å². The molecule has 2 aromatic rings. The molecule has 0 spiro atoms. The number of anilines is 1. The third kappa shape index (κ3) is 4.45. The van der Waals surface area contributed by atoms with E-state index in [-0.39, 0.29) is 17.8 Å². The fraction of sp³-hybridized carbons (Fsp3) is 0.100. The minimum atomic E-state index is -0.278. The zero-order valence-electron chi connectivity index (χ0n) is 14.1. The average Bonchev–Trinajstić information content (AvgIpc) is 2.89. The van der Waals surface area contributed by atoms with E-state index in [9.17, 15) is 9.59 Å². The molecular weight excluding hydrogens is 412 g/mol. The number of hydrogen-bond acceptors (Lipinski definition) is 4. The molecule has 0 saturated carbocycles. The Balaban J connectivity index is 1.65. The molecule has 0 radical (unpaired) electrons. The molecule has 1 saturated heterocycles. The minimum absolute atomic E-state index is 0.146. The SMILES string of the molecule is Cc1cc(Br)ccc1NCN1C(=O)S/C(=C\C=C\c2ccccc2)C1=O. The summed E-state index contributed by atoms with van der Waals surface area (Å²) in [6.45, 7) is 2.11. The van der Waals surface area contributed by atoms with Crippen LogP contribution in [0.4, 0.5) is 10.5 Å². The molecular formula is C20H17BrN2O2S. The van der Waals surface area contributed by atoms with Crippen LogP contribution >= 0.6 is 27.7 Å². The second-order valence-electron chi connectivity index (χ2n) is 5.70. The molecule has 0 bridgehead atoms. The molecule has 3 rings (SSSR count). The molecule has 2 amide bonds. The molecule has 1 fully saturated rings. The Bertz CT molecular complexity index is 894. The fourth-order valence-electron chi connectivity index (χ4n) is 2.45. The summed E-state index contributed by atoms with van der Waals surface area (Å²) in [5.41, 5.74) is 2.96. The lowest BCUT2D eigenvalue weighted by atomic mass is 10.2. The first-order valence-corrected chi connectivity index (χ1v) is 9.62. The van der Waals surface area contributed by atoms with Gasteiger partial charge < -0.3 is 5.32 Å². The molecule has 6 heteroatoms. The van der Waals surface area contributed by atoms with Crippen LogP contribution in [0.1, 0.15) is 11.1 Å². The van der Waals surface area contributed by atoms with Gasteiger partial charge in [-0.05, 0) is 54.1 Å². The van der Waals surface area contributed by atoms with Gasteiger partial charge in [0, 0.05) is 10.2 Å². The van der Waals surface area contributed by atoms with Crippen LogP contribution in [-0.4, -0.2) is 22.7 Å². The normalized spacial score (nSPS) is 16.1. The van der Waals surface area contributed by atoms with Crippen LogP contribution in [0.25, 0.3) is 6.08 Å². The van der Waals surface area contributed by atoms with Crippen molar-refractivity contribution in [1.29, 1.82) is 0 Å². The van der Waals surface area contributed by atoms with Crippen molar-refractivity contribution in [3.8, 4) is 0 Å². The number of carbonyl (C=O) groups excluding carboxylic acids is 2. The van der Waals surface area contributed by atoms with Gasteiger partial charge >= 0.3 is 0 Å². The maximum atomic E-state index is 12.5. The lowest BCUT2D eigenvalue weighted by Gasteiger charge is -2.16. The first-order valence-electron chi connectivity index (χ1n) is 8.02. The van der Waals surface area contributed by atoms with Crippen LogP contribution in [-0.2, 0) is 4.79 Å². The Morgan fingerprint density at radius 3 is 2.65 bits per heavy atom. The van der Waals surface area contributed by atoms with Gasteiger partial charge in [-0.15, -0.1) is 0 Å². The predicted octanol–water partition coefficient (Wildman–Crippen LogP) is 5.42. The van der Waals surface area contributed by atoms with Gasteiger partial charge in [-0.25, -0.2) is 0 Å². The number of amides is 2. The van der Waals surface area contributed by atoms with Crippen molar-refractivity contribution in [3.63, 3.8) is 0 Å². The van der Waals surface area contributed by atoms with E-state index >= 15 is 0 Å². The monoisotopic (exact) mass is 428 g/mol. The number of nitrogens with one attached hydrogen (secondary N) is 1. The van der Waals surface area contributed by atoms with Crippen molar-refractivity contribution in [2.45, 2.75) is 6.92 Å².